The molecule has 0 aliphatic carbocycles. The first-order chi connectivity index (χ1) is 9.37. The van der Waals surface area contributed by atoms with Crippen LogP contribution in [0.2, 0.25) is 0 Å². The number of benzene rings is 2. The zero-order valence-corrected chi connectivity index (χ0v) is 10.9. The second kappa shape index (κ2) is 5.16. The third kappa shape index (κ3) is 2.07. The molecule has 0 radical (unpaired) electrons. The molecule has 2 atom stereocenters. The molecule has 2 unspecified atom stereocenters. The van der Waals surface area contributed by atoms with E-state index in [1.165, 1.54) is 11.1 Å². The Morgan fingerprint density at radius 1 is 1.00 bits per heavy atom. The molecule has 2 N–H and O–H groups in total. The molecule has 0 bridgehead atoms. The van der Waals surface area contributed by atoms with Crippen molar-refractivity contribution in [1.29, 1.82) is 0 Å². The number of hydrogen-bond donors (Lipinski definition) is 2. The van der Waals surface area contributed by atoms with Crippen molar-refractivity contribution in [3.63, 3.8) is 0 Å². The normalized spacial score (nSPS) is 26.5. The molecule has 1 saturated heterocycles. The summed E-state index contributed by atoms with van der Waals surface area (Å²) >= 11 is 0. The van der Waals surface area contributed by atoms with Crippen LogP contribution >= 0.6 is 0 Å². The molecular weight excluding hydrogens is 234 g/mol. The zero-order valence-electron chi connectivity index (χ0n) is 10.9. The predicted octanol–water partition coefficient (Wildman–Crippen LogP) is 2.65. The van der Waals surface area contributed by atoms with Crippen molar-refractivity contribution in [2.75, 3.05) is 13.2 Å². The van der Waals surface area contributed by atoms with Crippen LogP contribution in [0.5, 0.6) is 0 Å². The van der Waals surface area contributed by atoms with E-state index >= 15 is 0 Å². The van der Waals surface area contributed by atoms with E-state index in [9.17, 15) is 5.11 Å². The molecule has 1 fully saturated rings. The Morgan fingerprint density at radius 3 is 2.26 bits per heavy atom. The largest absolute Gasteiger partial charge is 0.395 e. The van der Waals surface area contributed by atoms with E-state index < -0.39 is 0 Å². The molecule has 0 saturated carbocycles. The van der Waals surface area contributed by atoms with Gasteiger partial charge in [-0.25, -0.2) is 0 Å². The average Bonchev–Trinajstić information content (AvgIpc) is 2.94. The lowest BCUT2D eigenvalue weighted by molar-refractivity contribution is 0.178. The van der Waals surface area contributed by atoms with Crippen LogP contribution < -0.4 is 5.32 Å². The van der Waals surface area contributed by atoms with Crippen LogP contribution in [0.4, 0.5) is 0 Å². The Hall–Kier alpha value is -1.64. The Bertz CT molecular complexity index is 525. The van der Waals surface area contributed by atoms with Crippen LogP contribution in [0.25, 0.3) is 0 Å². The van der Waals surface area contributed by atoms with Gasteiger partial charge in [-0.15, -0.1) is 0 Å². The van der Waals surface area contributed by atoms with Crippen molar-refractivity contribution in [2.24, 2.45) is 0 Å². The van der Waals surface area contributed by atoms with E-state index in [0.717, 1.165) is 13.0 Å². The number of aliphatic hydroxyl groups excluding tert-OH is 1. The van der Waals surface area contributed by atoms with E-state index in [-0.39, 0.29) is 18.1 Å². The van der Waals surface area contributed by atoms with Crippen molar-refractivity contribution >= 4 is 0 Å². The third-order valence-corrected chi connectivity index (χ3v) is 4.24. The fraction of sp³-hybridized carbons (Fsp3) is 0.294. The van der Waals surface area contributed by atoms with Crippen molar-refractivity contribution in [3.8, 4) is 0 Å². The SMILES string of the molecule is OCC1(c2ccccc2)CCNC1c1ccccc1. The fourth-order valence-electron chi connectivity index (χ4n) is 3.20. The van der Waals surface area contributed by atoms with E-state index in [1.807, 2.05) is 24.3 Å². The van der Waals surface area contributed by atoms with Gasteiger partial charge < -0.3 is 10.4 Å². The van der Waals surface area contributed by atoms with Gasteiger partial charge in [-0.05, 0) is 24.1 Å². The van der Waals surface area contributed by atoms with Gasteiger partial charge in [0.05, 0.1) is 6.61 Å². The summed E-state index contributed by atoms with van der Waals surface area (Å²) in [6, 6.07) is 21.0. The molecule has 2 nitrogen and oxygen atoms in total. The van der Waals surface area contributed by atoms with Gasteiger partial charge in [0.15, 0.2) is 0 Å². The van der Waals surface area contributed by atoms with Crippen LogP contribution in [-0.2, 0) is 5.41 Å². The minimum atomic E-state index is -0.206. The summed E-state index contributed by atoms with van der Waals surface area (Å²) < 4.78 is 0. The molecule has 0 amide bonds. The van der Waals surface area contributed by atoms with Gasteiger partial charge in [-0.2, -0.15) is 0 Å². The highest BCUT2D eigenvalue weighted by atomic mass is 16.3. The van der Waals surface area contributed by atoms with Crippen molar-refractivity contribution in [1.82, 2.24) is 5.32 Å². The van der Waals surface area contributed by atoms with Gasteiger partial charge in [0.25, 0.3) is 0 Å². The molecule has 1 aliphatic heterocycles. The number of hydrogen-bond acceptors (Lipinski definition) is 2. The van der Waals surface area contributed by atoms with Gasteiger partial charge >= 0.3 is 0 Å². The van der Waals surface area contributed by atoms with Crippen LogP contribution in [0.1, 0.15) is 23.6 Å². The average molecular weight is 253 g/mol. The molecule has 2 aromatic rings. The van der Waals surface area contributed by atoms with Gasteiger partial charge in [0, 0.05) is 11.5 Å². The molecule has 1 heterocycles. The van der Waals surface area contributed by atoms with E-state index in [4.69, 9.17) is 0 Å². The van der Waals surface area contributed by atoms with Gasteiger partial charge in [-0.3, -0.25) is 0 Å². The summed E-state index contributed by atoms with van der Waals surface area (Å²) in [6.07, 6.45) is 0.965. The van der Waals surface area contributed by atoms with Crippen molar-refractivity contribution < 1.29 is 5.11 Å². The second-order valence-corrected chi connectivity index (χ2v) is 5.23. The molecule has 2 heteroatoms. The minimum absolute atomic E-state index is 0.170. The van der Waals surface area contributed by atoms with Gasteiger partial charge in [0.1, 0.15) is 0 Å². The topological polar surface area (TPSA) is 32.3 Å². The highest BCUT2D eigenvalue weighted by Crippen LogP contribution is 2.43. The maximum atomic E-state index is 10.1. The summed E-state index contributed by atoms with van der Waals surface area (Å²) in [5, 5.41) is 13.6. The lowest BCUT2D eigenvalue weighted by Gasteiger charge is -2.34. The smallest absolute Gasteiger partial charge is 0.0546 e. The standard InChI is InChI=1S/C17H19NO/c19-13-17(15-9-5-2-6-10-15)11-12-18-16(17)14-7-3-1-4-8-14/h1-10,16,18-19H,11-13H2. The van der Waals surface area contributed by atoms with E-state index in [2.05, 4.69) is 41.7 Å². The Balaban J connectivity index is 2.05. The Morgan fingerprint density at radius 2 is 1.63 bits per heavy atom. The van der Waals surface area contributed by atoms with Crippen LogP contribution in [0.15, 0.2) is 60.7 Å². The quantitative estimate of drug-likeness (QED) is 0.881. The van der Waals surface area contributed by atoms with E-state index in [0.29, 0.717) is 0 Å². The molecular formula is C17H19NO. The van der Waals surface area contributed by atoms with Crippen molar-refractivity contribution in [2.45, 2.75) is 17.9 Å². The number of nitrogens with one attached hydrogen (secondary N) is 1. The molecule has 98 valence electrons. The molecule has 2 aromatic carbocycles. The first-order valence-corrected chi connectivity index (χ1v) is 6.81. The fourth-order valence-corrected chi connectivity index (χ4v) is 3.20. The first kappa shape index (κ1) is 12.4. The lowest BCUT2D eigenvalue weighted by atomic mass is 9.72. The summed E-state index contributed by atoms with van der Waals surface area (Å²) in [5.74, 6) is 0. The molecule has 3 rings (SSSR count). The Labute approximate surface area is 114 Å². The lowest BCUT2D eigenvalue weighted by Crippen LogP contribution is -2.36. The van der Waals surface area contributed by atoms with Crippen LogP contribution in [-0.4, -0.2) is 18.3 Å². The molecule has 19 heavy (non-hydrogen) atoms. The highest BCUT2D eigenvalue weighted by Gasteiger charge is 2.44. The second-order valence-electron chi connectivity index (χ2n) is 5.23. The maximum absolute atomic E-state index is 10.1. The molecule has 0 aromatic heterocycles. The maximum Gasteiger partial charge on any atom is 0.0546 e. The summed E-state index contributed by atoms with van der Waals surface area (Å²) in [7, 11) is 0. The monoisotopic (exact) mass is 253 g/mol. The first-order valence-electron chi connectivity index (χ1n) is 6.81. The van der Waals surface area contributed by atoms with Crippen LogP contribution in [0, 0.1) is 0 Å². The van der Waals surface area contributed by atoms with Crippen LogP contribution in [0.3, 0.4) is 0 Å². The highest BCUT2D eigenvalue weighted by molar-refractivity contribution is 5.35. The number of rotatable bonds is 3. The van der Waals surface area contributed by atoms with Gasteiger partial charge in [-0.1, -0.05) is 60.7 Å². The van der Waals surface area contributed by atoms with E-state index in [1.54, 1.807) is 0 Å². The summed E-state index contributed by atoms with van der Waals surface area (Å²) in [5.41, 5.74) is 2.26. The molecule has 1 aliphatic rings. The number of aliphatic hydroxyl groups is 1. The predicted molar refractivity (Wildman–Crippen MR) is 77.0 cm³/mol. The summed E-state index contributed by atoms with van der Waals surface area (Å²) in [4.78, 5) is 0. The third-order valence-electron chi connectivity index (χ3n) is 4.24. The zero-order chi connectivity index (χ0) is 13.1. The van der Waals surface area contributed by atoms with Crippen molar-refractivity contribution in [3.05, 3.63) is 71.8 Å². The summed E-state index contributed by atoms with van der Waals surface area (Å²) in [6.45, 7) is 1.11. The minimum Gasteiger partial charge on any atom is -0.395 e. The van der Waals surface area contributed by atoms with Gasteiger partial charge in [0.2, 0.25) is 0 Å². The molecule has 0 spiro atoms. The Kier molecular flexibility index (Phi) is 3.36.